The van der Waals surface area contributed by atoms with E-state index in [0.717, 1.165) is 12.5 Å². The van der Waals surface area contributed by atoms with E-state index in [2.05, 4.69) is 15.3 Å². The van der Waals surface area contributed by atoms with Crippen molar-refractivity contribution in [1.29, 1.82) is 0 Å². The standard InChI is InChI=1S/C8H10F3N3/c1-5(2)14-7-6(8(9,10)11)3-12-4-13-7/h3-5H,1-2H3,(H,12,13,14). The third-order valence-electron chi connectivity index (χ3n) is 1.44. The van der Waals surface area contributed by atoms with Crippen LogP contribution in [0.2, 0.25) is 0 Å². The Balaban J connectivity index is 3.04. The lowest BCUT2D eigenvalue weighted by Crippen LogP contribution is -2.17. The molecule has 0 bridgehead atoms. The Hall–Kier alpha value is -1.33. The number of anilines is 1. The Bertz CT molecular complexity index is 309. The van der Waals surface area contributed by atoms with E-state index < -0.39 is 11.7 Å². The van der Waals surface area contributed by atoms with Crippen molar-refractivity contribution in [2.75, 3.05) is 5.32 Å². The first-order valence-corrected chi connectivity index (χ1v) is 4.05. The van der Waals surface area contributed by atoms with Crippen molar-refractivity contribution in [2.24, 2.45) is 0 Å². The number of rotatable bonds is 2. The molecular formula is C8H10F3N3. The van der Waals surface area contributed by atoms with Crippen molar-refractivity contribution in [3.8, 4) is 0 Å². The van der Waals surface area contributed by atoms with Crippen LogP contribution in [0.1, 0.15) is 19.4 Å². The number of alkyl halides is 3. The summed E-state index contributed by atoms with van der Waals surface area (Å²) in [5.74, 6) is -0.178. The summed E-state index contributed by atoms with van der Waals surface area (Å²) in [6, 6.07) is -0.106. The van der Waals surface area contributed by atoms with E-state index in [4.69, 9.17) is 0 Å². The Morgan fingerprint density at radius 3 is 2.50 bits per heavy atom. The maximum Gasteiger partial charge on any atom is 0.421 e. The van der Waals surface area contributed by atoms with Crippen molar-refractivity contribution in [3.05, 3.63) is 18.1 Å². The molecule has 0 aliphatic rings. The van der Waals surface area contributed by atoms with E-state index in [1.165, 1.54) is 0 Å². The second-order valence-electron chi connectivity index (χ2n) is 3.08. The number of nitrogens with one attached hydrogen (secondary N) is 1. The zero-order valence-corrected chi connectivity index (χ0v) is 7.76. The van der Waals surface area contributed by atoms with Gasteiger partial charge in [0, 0.05) is 12.2 Å². The van der Waals surface area contributed by atoms with Gasteiger partial charge in [0.1, 0.15) is 17.7 Å². The van der Waals surface area contributed by atoms with Crippen LogP contribution in [0.15, 0.2) is 12.5 Å². The summed E-state index contributed by atoms with van der Waals surface area (Å²) in [7, 11) is 0. The average Bonchev–Trinajstić information content (AvgIpc) is 2.01. The van der Waals surface area contributed by atoms with Gasteiger partial charge >= 0.3 is 6.18 Å². The van der Waals surface area contributed by atoms with Gasteiger partial charge in [-0.2, -0.15) is 13.2 Å². The fourth-order valence-electron chi connectivity index (χ4n) is 0.926. The lowest BCUT2D eigenvalue weighted by Gasteiger charge is -2.14. The van der Waals surface area contributed by atoms with Crippen LogP contribution in [0.25, 0.3) is 0 Å². The van der Waals surface area contributed by atoms with Crippen molar-refractivity contribution >= 4 is 5.82 Å². The van der Waals surface area contributed by atoms with Gasteiger partial charge in [0.05, 0.1) is 0 Å². The molecule has 0 spiro atoms. The van der Waals surface area contributed by atoms with Crippen LogP contribution in [-0.4, -0.2) is 16.0 Å². The van der Waals surface area contributed by atoms with Gasteiger partial charge in [0.25, 0.3) is 0 Å². The molecule has 0 unspecified atom stereocenters. The first-order valence-electron chi connectivity index (χ1n) is 4.05. The summed E-state index contributed by atoms with van der Waals surface area (Å²) < 4.78 is 37.1. The quantitative estimate of drug-likeness (QED) is 0.805. The molecule has 0 atom stereocenters. The monoisotopic (exact) mass is 205 g/mol. The molecule has 0 aliphatic heterocycles. The molecular weight excluding hydrogens is 195 g/mol. The lowest BCUT2D eigenvalue weighted by molar-refractivity contribution is -0.137. The average molecular weight is 205 g/mol. The molecule has 1 aromatic rings. The van der Waals surface area contributed by atoms with Crippen LogP contribution in [0.3, 0.4) is 0 Å². The number of halogens is 3. The third kappa shape index (κ3) is 2.58. The molecule has 1 N–H and O–H groups in total. The fraction of sp³-hybridized carbons (Fsp3) is 0.500. The second-order valence-corrected chi connectivity index (χ2v) is 3.08. The van der Waals surface area contributed by atoms with Gasteiger partial charge in [-0.1, -0.05) is 0 Å². The molecule has 1 rings (SSSR count). The summed E-state index contributed by atoms with van der Waals surface area (Å²) in [4.78, 5) is 6.89. The topological polar surface area (TPSA) is 37.8 Å². The summed E-state index contributed by atoms with van der Waals surface area (Å²) in [6.07, 6.45) is -2.57. The molecule has 1 aromatic heterocycles. The summed E-state index contributed by atoms with van der Waals surface area (Å²) in [6.45, 7) is 3.48. The smallest absolute Gasteiger partial charge is 0.367 e. The molecule has 0 saturated heterocycles. The lowest BCUT2D eigenvalue weighted by atomic mass is 10.3. The zero-order valence-electron chi connectivity index (χ0n) is 7.76. The van der Waals surface area contributed by atoms with Gasteiger partial charge in [-0.15, -0.1) is 0 Å². The van der Waals surface area contributed by atoms with E-state index in [0.29, 0.717) is 0 Å². The highest BCUT2D eigenvalue weighted by molar-refractivity contribution is 5.44. The van der Waals surface area contributed by atoms with E-state index in [1.807, 2.05) is 0 Å². The molecule has 78 valence electrons. The minimum Gasteiger partial charge on any atom is -0.367 e. The number of hydrogen-bond donors (Lipinski definition) is 1. The van der Waals surface area contributed by atoms with Gasteiger partial charge in [-0.05, 0) is 13.8 Å². The zero-order chi connectivity index (χ0) is 10.8. The van der Waals surface area contributed by atoms with Crippen molar-refractivity contribution in [3.63, 3.8) is 0 Å². The summed E-state index contributed by atoms with van der Waals surface area (Å²) in [5.41, 5.74) is -0.839. The highest BCUT2D eigenvalue weighted by Gasteiger charge is 2.34. The Labute approximate surface area is 79.4 Å². The molecule has 0 fully saturated rings. The SMILES string of the molecule is CC(C)Nc1ncncc1C(F)(F)F. The number of nitrogens with zero attached hydrogens (tertiary/aromatic N) is 2. The molecule has 14 heavy (non-hydrogen) atoms. The molecule has 0 radical (unpaired) electrons. The minimum atomic E-state index is -4.42. The molecule has 3 nitrogen and oxygen atoms in total. The van der Waals surface area contributed by atoms with Crippen LogP contribution in [0.4, 0.5) is 19.0 Å². The van der Waals surface area contributed by atoms with Crippen molar-refractivity contribution < 1.29 is 13.2 Å². The highest BCUT2D eigenvalue weighted by atomic mass is 19.4. The Kier molecular flexibility index (Phi) is 2.93. The van der Waals surface area contributed by atoms with Crippen LogP contribution < -0.4 is 5.32 Å². The van der Waals surface area contributed by atoms with E-state index >= 15 is 0 Å². The Morgan fingerprint density at radius 1 is 1.36 bits per heavy atom. The largest absolute Gasteiger partial charge is 0.421 e. The molecule has 0 amide bonds. The normalized spacial score (nSPS) is 11.9. The van der Waals surface area contributed by atoms with Crippen LogP contribution in [0.5, 0.6) is 0 Å². The number of aromatic nitrogens is 2. The van der Waals surface area contributed by atoms with Gasteiger partial charge in [-0.25, -0.2) is 9.97 Å². The predicted molar refractivity (Wildman–Crippen MR) is 45.8 cm³/mol. The molecule has 0 aromatic carbocycles. The highest BCUT2D eigenvalue weighted by Crippen LogP contribution is 2.32. The summed E-state index contributed by atoms with van der Waals surface area (Å²) in [5, 5.41) is 2.61. The van der Waals surface area contributed by atoms with Crippen molar-refractivity contribution in [1.82, 2.24) is 9.97 Å². The third-order valence-corrected chi connectivity index (χ3v) is 1.44. The van der Waals surface area contributed by atoms with Gasteiger partial charge < -0.3 is 5.32 Å². The van der Waals surface area contributed by atoms with E-state index in [1.54, 1.807) is 13.8 Å². The Morgan fingerprint density at radius 2 is 2.00 bits per heavy atom. The molecule has 6 heteroatoms. The van der Waals surface area contributed by atoms with Crippen LogP contribution >= 0.6 is 0 Å². The van der Waals surface area contributed by atoms with Gasteiger partial charge in [0.2, 0.25) is 0 Å². The van der Waals surface area contributed by atoms with Crippen LogP contribution in [0, 0.1) is 0 Å². The van der Waals surface area contributed by atoms with Crippen molar-refractivity contribution in [2.45, 2.75) is 26.1 Å². The minimum absolute atomic E-state index is 0.106. The second kappa shape index (κ2) is 3.81. The maximum atomic E-state index is 12.4. The fourth-order valence-corrected chi connectivity index (χ4v) is 0.926. The maximum absolute atomic E-state index is 12.4. The van der Waals surface area contributed by atoms with Crippen LogP contribution in [-0.2, 0) is 6.18 Å². The van der Waals surface area contributed by atoms with Gasteiger partial charge in [-0.3, -0.25) is 0 Å². The first-order chi connectivity index (χ1) is 6.41. The predicted octanol–water partition coefficient (Wildman–Crippen LogP) is 2.32. The molecule has 0 aliphatic carbocycles. The van der Waals surface area contributed by atoms with E-state index in [-0.39, 0.29) is 11.9 Å². The summed E-state index contributed by atoms with van der Waals surface area (Å²) >= 11 is 0. The number of hydrogen-bond acceptors (Lipinski definition) is 3. The van der Waals surface area contributed by atoms with E-state index in [9.17, 15) is 13.2 Å². The molecule has 1 heterocycles. The first kappa shape index (κ1) is 10.7. The molecule has 0 saturated carbocycles. The van der Waals surface area contributed by atoms with Gasteiger partial charge in [0.15, 0.2) is 0 Å².